The van der Waals surface area contributed by atoms with Crippen molar-refractivity contribution in [3.8, 4) is 0 Å². The Bertz CT molecular complexity index is 760. The fourth-order valence-corrected chi connectivity index (χ4v) is 3.54. The van der Waals surface area contributed by atoms with E-state index in [4.69, 9.17) is 4.74 Å². The number of nitrogens with zero attached hydrogens (tertiary/aromatic N) is 3. The van der Waals surface area contributed by atoms with E-state index in [9.17, 15) is 9.59 Å². The van der Waals surface area contributed by atoms with Gasteiger partial charge >= 0.3 is 6.03 Å². The zero-order valence-corrected chi connectivity index (χ0v) is 14.6. The number of imidazole rings is 1. The van der Waals surface area contributed by atoms with Gasteiger partial charge < -0.3 is 19.9 Å². The minimum Gasteiger partial charge on any atom is -0.378 e. The van der Waals surface area contributed by atoms with Gasteiger partial charge in [-0.3, -0.25) is 9.69 Å². The maximum absolute atomic E-state index is 13.2. The summed E-state index contributed by atoms with van der Waals surface area (Å²) in [5, 5.41) is 3.29. The van der Waals surface area contributed by atoms with Crippen molar-refractivity contribution < 1.29 is 14.3 Å². The second-order valence-electron chi connectivity index (χ2n) is 6.66. The summed E-state index contributed by atoms with van der Waals surface area (Å²) in [6, 6.07) is 7.05. The summed E-state index contributed by atoms with van der Waals surface area (Å²) in [4.78, 5) is 36.9. The second-order valence-corrected chi connectivity index (χ2v) is 6.66. The van der Waals surface area contributed by atoms with E-state index in [0.717, 1.165) is 30.4 Å². The fraction of sp³-hybridized carbons (Fsp3) is 0.500. The average molecular weight is 357 g/mol. The van der Waals surface area contributed by atoms with Crippen LogP contribution in [-0.2, 0) is 4.74 Å². The second kappa shape index (κ2) is 7.43. The number of hydrogen-bond acceptors (Lipinski definition) is 5. The predicted molar refractivity (Wildman–Crippen MR) is 95.9 cm³/mol. The van der Waals surface area contributed by atoms with Crippen molar-refractivity contribution in [2.45, 2.75) is 18.9 Å². The highest BCUT2D eigenvalue weighted by atomic mass is 16.5. The van der Waals surface area contributed by atoms with Crippen molar-refractivity contribution in [1.82, 2.24) is 25.1 Å². The molecular formula is C18H23N5O3. The highest BCUT2D eigenvalue weighted by molar-refractivity contribution is 6.04. The lowest BCUT2D eigenvalue weighted by atomic mass is 10.1. The molecule has 4 rings (SSSR count). The summed E-state index contributed by atoms with van der Waals surface area (Å²) in [5.41, 5.74) is 1.51. The molecule has 0 aliphatic carbocycles. The largest absolute Gasteiger partial charge is 0.378 e. The number of carbonyl (C=O) groups excluding carboxylic acids is 2. The summed E-state index contributed by atoms with van der Waals surface area (Å²) in [5.74, 6) is -0.162. The van der Waals surface area contributed by atoms with E-state index in [1.165, 1.54) is 4.90 Å². The molecule has 8 nitrogen and oxygen atoms in total. The van der Waals surface area contributed by atoms with Gasteiger partial charge in [-0.2, -0.15) is 0 Å². The molecule has 2 aliphatic heterocycles. The fourth-order valence-electron chi connectivity index (χ4n) is 3.54. The number of hydrogen-bond donors (Lipinski definition) is 2. The summed E-state index contributed by atoms with van der Waals surface area (Å²) in [7, 11) is 0. The molecule has 1 aromatic heterocycles. The Morgan fingerprint density at radius 2 is 2.04 bits per heavy atom. The molecule has 8 heteroatoms. The summed E-state index contributed by atoms with van der Waals surface area (Å²) < 4.78 is 5.33. The van der Waals surface area contributed by atoms with Crippen LogP contribution in [0.3, 0.4) is 0 Å². The summed E-state index contributed by atoms with van der Waals surface area (Å²) in [6.07, 6.45) is 1.74. The quantitative estimate of drug-likeness (QED) is 0.843. The Morgan fingerprint density at radius 3 is 2.77 bits per heavy atom. The molecule has 3 amide bonds. The number of piperidine rings is 1. The minimum absolute atomic E-state index is 0.167. The molecule has 2 aliphatic rings. The van der Waals surface area contributed by atoms with Gasteiger partial charge in [0, 0.05) is 19.6 Å². The van der Waals surface area contributed by atoms with Crippen LogP contribution >= 0.6 is 0 Å². The first-order valence-electron chi connectivity index (χ1n) is 9.10. The molecule has 138 valence electrons. The summed E-state index contributed by atoms with van der Waals surface area (Å²) in [6.45, 7) is 3.53. The third kappa shape index (κ3) is 3.30. The summed E-state index contributed by atoms with van der Waals surface area (Å²) >= 11 is 0. The molecule has 0 radical (unpaired) electrons. The van der Waals surface area contributed by atoms with E-state index >= 15 is 0 Å². The van der Waals surface area contributed by atoms with Crippen molar-refractivity contribution in [2.75, 3.05) is 39.4 Å². The van der Waals surface area contributed by atoms with Crippen LogP contribution in [0.2, 0.25) is 0 Å². The van der Waals surface area contributed by atoms with Crippen molar-refractivity contribution in [3.05, 3.63) is 30.1 Å². The highest BCUT2D eigenvalue weighted by Crippen LogP contribution is 2.18. The van der Waals surface area contributed by atoms with Gasteiger partial charge in [0.25, 0.3) is 5.91 Å². The Labute approximate surface area is 151 Å². The lowest BCUT2D eigenvalue weighted by Crippen LogP contribution is -2.57. The number of H-pyrrole nitrogens is 1. The molecule has 0 bridgehead atoms. The first-order valence-corrected chi connectivity index (χ1v) is 9.10. The standard InChI is InChI=1S/C18H23N5O3/c24-17(16-20-14-5-1-2-6-15(14)21-16)23(13-4-3-7-19-12-13)18(25)22-8-10-26-11-9-22/h1-2,5-6,13,19H,3-4,7-12H2,(H,20,21). The van der Waals surface area contributed by atoms with Gasteiger partial charge in [0.15, 0.2) is 5.82 Å². The number of para-hydroxylation sites is 2. The maximum atomic E-state index is 13.2. The van der Waals surface area contributed by atoms with Crippen molar-refractivity contribution in [1.29, 1.82) is 0 Å². The number of nitrogens with one attached hydrogen (secondary N) is 2. The molecule has 3 heterocycles. The van der Waals surface area contributed by atoms with Gasteiger partial charge in [0.2, 0.25) is 0 Å². The zero-order valence-electron chi connectivity index (χ0n) is 14.6. The van der Waals surface area contributed by atoms with E-state index in [2.05, 4.69) is 15.3 Å². The van der Waals surface area contributed by atoms with Crippen LogP contribution in [0.5, 0.6) is 0 Å². The molecule has 0 spiro atoms. The smallest absolute Gasteiger partial charge is 0.327 e. The molecule has 2 fully saturated rings. The minimum atomic E-state index is -0.369. The lowest BCUT2D eigenvalue weighted by molar-refractivity contribution is 0.0344. The molecule has 1 atom stereocenters. The molecule has 0 saturated carbocycles. The van der Waals surface area contributed by atoms with E-state index in [1.54, 1.807) is 4.90 Å². The van der Waals surface area contributed by atoms with Crippen LogP contribution in [0.1, 0.15) is 23.5 Å². The average Bonchev–Trinajstić information content (AvgIpc) is 3.14. The number of urea groups is 1. The first kappa shape index (κ1) is 17.0. The maximum Gasteiger partial charge on any atom is 0.327 e. The van der Waals surface area contributed by atoms with E-state index < -0.39 is 0 Å². The molecule has 1 unspecified atom stereocenters. The Morgan fingerprint density at radius 1 is 1.23 bits per heavy atom. The number of imide groups is 1. The Balaban J connectivity index is 1.64. The van der Waals surface area contributed by atoms with Crippen LogP contribution in [0, 0.1) is 0 Å². The van der Waals surface area contributed by atoms with Crippen molar-refractivity contribution >= 4 is 23.0 Å². The third-order valence-electron chi connectivity index (χ3n) is 4.93. The van der Waals surface area contributed by atoms with Gasteiger partial charge in [-0.15, -0.1) is 0 Å². The van der Waals surface area contributed by atoms with Gasteiger partial charge in [0.05, 0.1) is 30.3 Å². The van der Waals surface area contributed by atoms with Gasteiger partial charge in [-0.05, 0) is 31.5 Å². The normalized spacial score (nSPS) is 20.9. The van der Waals surface area contributed by atoms with Crippen molar-refractivity contribution in [2.24, 2.45) is 0 Å². The van der Waals surface area contributed by atoms with Crippen LogP contribution < -0.4 is 5.32 Å². The molecule has 2 N–H and O–H groups in total. The number of morpholine rings is 1. The molecule has 1 aromatic carbocycles. The lowest BCUT2D eigenvalue weighted by Gasteiger charge is -2.37. The van der Waals surface area contributed by atoms with Crippen LogP contribution in [0.25, 0.3) is 11.0 Å². The van der Waals surface area contributed by atoms with Crippen LogP contribution in [-0.4, -0.2) is 77.1 Å². The van der Waals surface area contributed by atoms with E-state index in [0.29, 0.717) is 32.8 Å². The third-order valence-corrected chi connectivity index (χ3v) is 4.93. The van der Waals surface area contributed by atoms with Gasteiger partial charge in [0.1, 0.15) is 0 Å². The molecule has 2 aromatic rings. The highest BCUT2D eigenvalue weighted by Gasteiger charge is 2.36. The Hall–Kier alpha value is -2.45. The molecule has 26 heavy (non-hydrogen) atoms. The number of aromatic amines is 1. The zero-order chi connectivity index (χ0) is 17.9. The number of carbonyl (C=O) groups is 2. The number of amides is 3. The van der Waals surface area contributed by atoms with Gasteiger partial charge in [-0.1, -0.05) is 12.1 Å². The number of benzene rings is 1. The van der Waals surface area contributed by atoms with E-state index in [1.807, 2.05) is 24.3 Å². The Kier molecular flexibility index (Phi) is 4.85. The van der Waals surface area contributed by atoms with E-state index in [-0.39, 0.29) is 23.8 Å². The first-order chi connectivity index (χ1) is 12.7. The van der Waals surface area contributed by atoms with Gasteiger partial charge in [-0.25, -0.2) is 9.78 Å². The number of rotatable bonds is 2. The number of fused-ring (bicyclic) bond motifs is 1. The van der Waals surface area contributed by atoms with Crippen LogP contribution in [0.15, 0.2) is 24.3 Å². The van der Waals surface area contributed by atoms with Crippen LogP contribution in [0.4, 0.5) is 4.79 Å². The topological polar surface area (TPSA) is 90.6 Å². The molecule has 2 saturated heterocycles. The predicted octanol–water partition coefficient (Wildman–Crippen LogP) is 1.21. The van der Waals surface area contributed by atoms with Crippen molar-refractivity contribution in [3.63, 3.8) is 0 Å². The number of ether oxygens (including phenoxy) is 1. The molecular weight excluding hydrogens is 334 g/mol. The number of aromatic nitrogens is 2. The SMILES string of the molecule is O=C(c1nc2ccccc2[nH]1)N(C(=O)N1CCOCC1)C1CCCNC1. The monoisotopic (exact) mass is 357 g/mol.